The molecule has 6 aliphatic carbocycles. The molecule has 10 atom stereocenters. The first kappa shape index (κ1) is 36.5. The molecule has 1 N–H and O–H groups in total. The van der Waals surface area contributed by atoms with E-state index in [1.54, 1.807) is 5.57 Å². The molecule has 2 saturated heterocycles. The molecule has 2 heterocycles. The maximum atomic E-state index is 12.6. The van der Waals surface area contributed by atoms with Crippen molar-refractivity contribution in [3.63, 3.8) is 0 Å². The fourth-order valence-corrected chi connectivity index (χ4v) is 16.5. The second kappa shape index (κ2) is 12.3. The van der Waals surface area contributed by atoms with Crippen LogP contribution in [-0.2, 0) is 19.4 Å². The van der Waals surface area contributed by atoms with Gasteiger partial charge in [-0.05, 0) is 153 Å². The van der Waals surface area contributed by atoms with Gasteiger partial charge in [0.05, 0.1) is 23.5 Å². The predicted octanol–water partition coefficient (Wildman–Crippen LogP) is 8.30. The summed E-state index contributed by atoms with van der Waals surface area (Å²) < 4.78 is 29.5. The molecule has 7 heteroatoms. The molecule has 51 heavy (non-hydrogen) atoms. The number of fused-ring (bicyclic) bond motifs is 7. The molecule has 0 amide bonds. The van der Waals surface area contributed by atoms with Crippen molar-refractivity contribution in [2.45, 2.75) is 131 Å². The predicted molar refractivity (Wildman–Crippen MR) is 206 cm³/mol. The van der Waals surface area contributed by atoms with Gasteiger partial charge in [0.2, 0.25) is 0 Å². The summed E-state index contributed by atoms with van der Waals surface area (Å²) in [5, 5.41) is 4.23. The van der Waals surface area contributed by atoms with Gasteiger partial charge in [0.1, 0.15) is 0 Å². The number of ether oxygens (including phenoxy) is 1. The number of nitrogens with one attached hydrogen (secondary N) is 1. The zero-order valence-corrected chi connectivity index (χ0v) is 33.7. The molecule has 0 aromatic carbocycles. The highest BCUT2D eigenvalue weighted by molar-refractivity contribution is 7.91. The first-order valence-corrected chi connectivity index (χ1v) is 22.7. The zero-order valence-electron chi connectivity index (χ0n) is 32.9. The summed E-state index contributed by atoms with van der Waals surface area (Å²) in [6.07, 6.45) is 20.4. The first-order valence-electron chi connectivity index (χ1n) is 20.9. The van der Waals surface area contributed by atoms with Crippen molar-refractivity contribution in [1.82, 2.24) is 10.2 Å². The molecule has 8 rings (SSSR count). The Morgan fingerprint density at radius 3 is 2.33 bits per heavy atom. The van der Waals surface area contributed by atoms with Crippen LogP contribution in [0.3, 0.4) is 0 Å². The number of hydrogen-bond acceptors (Lipinski definition) is 6. The van der Waals surface area contributed by atoms with Crippen molar-refractivity contribution in [2.24, 2.45) is 56.7 Å². The Balaban J connectivity index is 1.04. The number of rotatable bonds is 6. The molecule has 0 aromatic rings. The molecule has 0 bridgehead atoms. The zero-order chi connectivity index (χ0) is 36.2. The average molecular weight is 721 g/mol. The summed E-state index contributed by atoms with van der Waals surface area (Å²) in [7, 11) is -2.85. The Hall–Kier alpha value is -1.44. The number of cyclic esters (lactones) is 1. The molecule has 1 spiro atoms. The maximum Gasteiger partial charge on any atom is 0.312 e. The van der Waals surface area contributed by atoms with Gasteiger partial charge in [-0.2, -0.15) is 0 Å². The van der Waals surface area contributed by atoms with Crippen LogP contribution in [0.1, 0.15) is 125 Å². The van der Waals surface area contributed by atoms with Crippen LogP contribution in [0.4, 0.5) is 0 Å². The number of carbonyl (C=O) groups excluding carboxylic acids is 1. The lowest BCUT2D eigenvalue weighted by atomic mass is 9.33. The van der Waals surface area contributed by atoms with E-state index >= 15 is 0 Å². The second-order valence-corrected chi connectivity index (χ2v) is 22.7. The van der Waals surface area contributed by atoms with Crippen LogP contribution in [0, 0.1) is 56.7 Å². The lowest BCUT2D eigenvalue weighted by Crippen LogP contribution is -2.68. The molecule has 284 valence electrons. The third-order valence-electron chi connectivity index (χ3n) is 18.2. The van der Waals surface area contributed by atoms with E-state index in [1.807, 2.05) is 0 Å². The number of sulfone groups is 1. The number of hydrogen-bond donors (Lipinski definition) is 1. The van der Waals surface area contributed by atoms with Crippen molar-refractivity contribution < 1.29 is 17.9 Å². The minimum Gasteiger partial charge on any atom is -0.465 e. The SMILES string of the molecule is C=C(C)[C@@H]1CC[C@]2(NCCN3CCS(=O)(=O)CC3)CC[C@]3(C)[C@H](CCC4[C@@]5(C)CC=C(C6=CCC7(CCOC7=O)CC6)C(C)(C)[C@@H]5CC[C@]43C)[C@@H]12. The Bertz CT molecular complexity index is 1620. The van der Waals surface area contributed by atoms with E-state index < -0.39 is 9.84 Å². The topological polar surface area (TPSA) is 75.7 Å². The molecule has 2 aliphatic heterocycles. The van der Waals surface area contributed by atoms with Crippen LogP contribution in [0.25, 0.3) is 0 Å². The summed E-state index contributed by atoms with van der Waals surface area (Å²) >= 11 is 0. The first-order chi connectivity index (χ1) is 24.0. The van der Waals surface area contributed by atoms with E-state index in [-0.39, 0.29) is 27.8 Å². The second-order valence-electron chi connectivity index (χ2n) is 20.4. The molecule has 4 saturated carbocycles. The summed E-state index contributed by atoms with van der Waals surface area (Å²) in [6, 6.07) is 0. The summed E-state index contributed by atoms with van der Waals surface area (Å²) in [6.45, 7) is 24.1. The molecular formula is C44H68N2O4S. The van der Waals surface area contributed by atoms with E-state index in [1.165, 1.54) is 68.9 Å². The van der Waals surface area contributed by atoms with E-state index in [0.717, 1.165) is 44.7 Å². The average Bonchev–Trinajstić information content (AvgIpc) is 3.63. The summed E-state index contributed by atoms with van der Waals surface area (Å²) in [5.74, 6) is 3.97. The minimum atomic E-state index is -2.85. The molecule has 8 aliphatic rings. The standard InChI is InChI=1S/C44H68N2O4S/c1-30(2)32-12-19-44(45-23-24-46-25-28-51(48,49)29-26-46)21-20-41(6)34(37(32)44)8-9-36-40(5)15-13-33(39(3,4)35(40)14-16-42(36,41)7)31-10-17-43(18-11-31)22-27-50-38(43)47/h10,13,32,34-37,45H,1,8-9,11-12,14-29H2,2-7H3/t32-,34+,35-,36?,37+,40-,41+,42+,43?,44-/m0/s1. The minimum absolute atomic E-state index is 0.0396. The van der Waals surface area contributed by atoms with Gasteiger partial charge in [-0.15, -0.1) is 0 Å². The van der Waals surface area contributed by atoms with Gasteiger partial charge in [0.15, 0.2) is 9.84 Å². The number of esters is 1. The Morgan fingerprint density at radius 1 is 0.902 bits per heavy atom. The van der Waals surface area contributed by atoms with Crippen LogP contribution < -0.4 is 5.32 Å². The number of nitrogens with zero attached hydrogens (tertiary/aromatic N) is 1. The van der Waals surface area contributed by atoms with Gasteiger partial charge in [0.25, 0.3) is 0 Å². The van der Waals surface area contributed by atoms with Crippen molar-refractivity contribution in [1.29, 1.82) is 0 Å². The third-order valence-corrected chi connectivity index (χ3v) is 19.8. The van der Waals surface area contributed by atoms with Crippen LogP contribution in [0.2, 0.25) is 0 Å². The molecule has 2 unspecified atom stereocenters. The van der Waals surface area contributed by atoms with Gasteiger partial charge >= 0.3 is 5.97 Å². The van der Waals surface area contributed by atoms with Gasteiger partial charge in [-0.1, -0.05) is 58.9 Å². The molecule has 0 aromatic heterocycles. The monoisotopic (exact) mass is 720 g/mol. The summed E-state index contributed by atoms with van der Waals surface area (Å²) in [4.78, 5) is 15.0. The molecule has 6 nitrogen and oxygen atoms in total. The fourth-order valence-electron chi connectivity index (χ4n) is 15.2. The van der Waals surface area contributed by atoms with Crippen LogP contribution >= 0.6 is 0 Å². The van der Waals surface area contributed by atoms with Crippen LogP contribution in [0.5, 0.6) is 0 Å². The normalized spacial score (nSPS) is 47.3. The fraction of sp³-hybridized carbons (Fsp3) is 0.841. The van der Waals surface area contributed by atoms with Crippen molar-refractivity contribution in [3.05, 3.63) is 35.5 Å². The van der Waals surface area contributed by atoms with Crippen molar-refractivity contribution in [2.75, 3.05) is 44.3 Å². The Labute approximate surface area is 310 Å². The molecule has 0 radical (unpaired) electrons. The highest BCUT2D eigenvalue weighted by Gasteiger charge is 2.70. The maximum absolute atomic E-state index is 12.6. The Morgan fingerprint density at radius 2 is 1.67 bits per heavy atom. The van der Waals surface area contributed by atoms with Gasteiger partial charge in [-0.3, -0.25) is 4.79 Å². The van der Waals surface area contributed by atoms with E-state index in [4.69, 9.17) is 4.74 Å². The lowest BCUT2D eigenvalue weighted by molar-refractivity contribution is -0.221. The highest BCUT2D eigenvalue weighted by atomic mass is 32.2. The smallest absolute Gasteiger partial charge is 0.312 e. The van der Waals surface area contributed by atoms with E-state index in [2.05, 4.69) is 70.5 Å². The molecule has 6 fully saturated rings. The van der Waals surface area contributed by atoms with E-state index in [0.29, 0.717) is 65.7 Å². The van der Waals surface area contributed by atoms with Crippen molar-refractivity contribution in [3.8, 4) is 0 Å². The van der Waals surface area contributed by atoms with E-state index in [9.17, 15) is 13.2 Å². The number of carbonyl (C=O) groups is 1. The van der Waals surface area contributed by atoms with Gasteiger partial charge in [-0.25, -0.2) is 8.42 Å². The van der Waals surface area contributed by atoms with Gasteiger partial charge in [0, 0.05) is 31.7 Å². The Kier molecular flexibility index (Phi) is 8.80. The largest absolute Gasteiger partial charge is 0.465 e. The highest BCUT2D eigenvalue weighted by Crippen LogP contribution is 2.76. The van der Waals surface area contributed by atoms with Crippen LogP contribution in [-0.4, -0.2) is 69.1 Å². The van der Waals surface area contributed by atoms with Crippen LogP contribution in [0.15, 0.2) is 35.5 Å². The third kappa shape index (κ3) is 5.40. The lowest BCUT2D eigenvalue weighted by Gasteiger charge is -2.72. The van der Waals surface area contributed by atoms with Crippen molar-refractivity contribution >= 4 is 15.8 Å². The number of allylic oxidation sites excluding steroid dienone is 5. The molecular weight excluding hydrogens is 653 g/mol. The van der Waals surface area contributed by atoms with Gasteiger partial charge < -0.3 is 15.0 Å². The summed E-state index contributed by atoms with van der Waals surface area (Å²) in [5.41, 5.74) is 5.44. The quantitative estimate of drug-likeness (QED) is 0.220.